The van der Waals surface area contributed by atoms with Crippen molar-refractivity contribution in [2.75, 3.05) is 0 Å². The second-order valence-corrected chi connectivity index (χ2v) is 2.56. The fourth-order valence-electron chi connectivity index (χ4n) is 0.320. The molecule has 0 aliphatic heterocycles. The van der Waals surface area contributed by atoms with Crippen LogP contribution in [-0.4, -0.2) is 0 Å². The fraction of sp³-hybridized carbons (Fsp3) is 0.250. The van der Waals surface area contributed by atoms with Crippen LogP contribution in [0.2, 0.25) is 0 Å². The van der Waals surface area contributed by atoms with Crippen molar-refractivity contribution >= 4 is 12.6 Å². The number of allylic oxidation sites excluding steroid dienone is 4. The van der Waals surface area contributed by atoms with E-state index < -0.39 is 0 Å². The van der Waals surface area contributed by atoms with Gasteiger partial charge in [0.15, 0.2) is 0 Å². The lowest BCUT2D eigenvalue weighted by Crippen LogP contribution is -1.62. The summed E-state index contributed by atoms with van der Waals surface area (Å²) in [4.78, 5) is 0.899. The molecule has 0 fully saturated rings. The van der Waals surface area contributed by atoms with Gasteiger partial charge in [-0.2, -0.15) is 0 Å². The molecule has 0 atom stereocenters. The second-order valence-electron chi connectivity index (χ2n) is 2.04. The van der Waals surface area contributed by atoms with Crippen LogP contribution in [0.3, 0.4) is 0 Å². The van der Waals surface area contributed by atoms with Crippen molar-refractivity contribution < 1.29 is 0 Å². The molecule has 0 heterocycles. The number of hydrogen-bond donors (Lipinski definition) is 1. The van der Waals surface area contributed by atoms with E-state index in [-0.39, 0.29) is 0 Å². The Morgan fingerprint density at radius 3 is 2.22 bits per heavy atom. The van der Waals surface area contributed by atoms with Gasteiger partial charge in [0.2, 0.25) is 0 Å². The summed E-state index contributed by atoms with van der Waals surface area (Å²) in [5, 5.41) is 0. The Balaban J connectivity index is 3.98. The maximum absolute atomic E-state index is 4.10. The van der Waals surface area contributed by atoms with Gasteiger partial charge in [0.1, 0.15) is 0 Å². The zero-order chi connectivity index (χ0) is 7.28. The SMILES string of the molecule is C=C/C(S)=C\C=C(C)C. The Kier molecular flexibility index (Phi) is 4.24. The molecule has 0 aromatic rings. The van der Waals surface area contributed by atoms with Gasteiger partial charge in [0.05, 0.1) is 0 Å². The summed E-state index contributed by atoms with van der Waals surface area (Å²) in [6.45, 7) is 7.65. The van der Waals surface area contributed by atoms with E-state index in [0.717, 1.165) is 4.91 Å². The Labute approximate surface area is 62.4 Å². The zero-order valence-corrected chi connectivity index (χ0v) is 6.78. The molecule has 0 amide bonds. The highest BCUT2D eigenvalue weighted by Gasteiger charge is 1.75. The third-order valence-electron chi connectivity index (χ3n) is 0.797. The predicted molar refractivity (Wildman–Crippen MR) is 46.7 cm³/mol. The van der Waals surface area contributed by atoms with Crippen LogP contribution in [0.4, 0.5) is 0 Å². The monoisotopic (exact) mass is 140 g/mol. The van der Waals surface area contributed by atoms with Crippen molar-refractivity contribution in [3.05, 3.63) is 35.3 Å². The average Bonchev–Trinajstić information content (AvgIpc) is 1.83. The van der Waals surface area contributed by atoms with E-state index in [4.69, 9.17) is 0 Å². The van der Waals surface area contributed by atoms with Crippen LogP contribution in [0.1, 0.15) is 13.8 Å². The highest BCUT2D eigenvalue weighted by Crippen LogP contribution is 2.01. The number of thiol groups is 1. The zero-order valence-electron chi connectivity index (χ0n) is 5.89. The first-order valence-electron chi connectivity index (χ1n) is 2.83. The van der Waals surface area contributed by atoms with Crippen molar-refractivity contribution in [1.29, 1.82) is 0 Å². The average molecular weight is 140 g/mol. The molecule has 0 aliphatic carbocycles. The topological polar surface area (TPSA) is 0 Å². The Morgan fingerprint density at radius 1 is 1.33 bits per heavy atom. The van der Waals surface area contributed by atoms with Gasteiger partial charge in [-0.1, -0.05) is 24.3 Å². The molecule has 0 radical (unpaired) electrons. The fourth-order valence-corrected chi connectivity index (χ4v) is 0.395. The minimum absolute atomic E-state index is 0.899. The van der Waals surface area contributed by atoms with Gasteiger partial charge in [0.25, 0.3) is 0 Å². The summed E-state index contributed by atoms with van der Waals surface area (Å²) >= 11 is 4.10. The summed E-state index contributed by atoms with van der Waals surface area (Å²) in [6.07, 6.45) is 5.64. The van der Waals surface area contributed by atoms with E-state index in [0.29, 0.717) is 0 Å². The Morgan fingerprint density at radius 2 is 1.89 bits per heavy atom. The van der Waals surface area contributed by atoms with E-state index in [9.17, 15) is 0 Å². The number of hydrogen-bond acceptors (Lipinski definition) is 1. The van der Waals surface area contributed by atoms with Crippen LogP contribution in [0.5, 0.6) is 0 Å². The lowest BCUT2D eigenvalue weighted by Gasteiger charge is -1.85. The molecule has 0 N–H and O–H groups in total. The van der Waals surface area contributed by atoms with Crippen molar-refractivity contribution in [1.82, 2.24) is 0 Å². The molecular weight excluding hydrogens is 128 g/mol. The third kappa shape index (κ3) is 5.44. The van der Waals surface area contributed by atoms with Crippen LogP contribution >= 0.6 is 12.6 Å². The van der Waals surface area contributed by atoms with Crippen molar-refractivity contribution in [3.63, 3.8) is 0 Å². The van der Waals surface area contributed by atoms with E-state index in [1.807, 2.05) is 26.0 Å². The standard InChI is InChI=1S/C8H12S/c1-4-8(9)6-5-7(2)3/h4-6,9H,1H2,2-3H3/b8-6+. The molecule has 50 valence electrons. The Hall–Kier alpha value is -0.430. The number of rotatable bonds is 2. The summed E-state index contributed by atoms with van der Waals surface area (Å²) in [7, 11) is 0. The lowest BCUT2D eigenvalue weighted by atomic mass is 10.3. The molecule has 0 saturated heterocycles. The summed E-state index contributed by atoms with van der Waals surface area (Å²) < 4.78 is 0. The molecular formula is C8H12S. The first-order valence-corrected chi connectivity index (χ1v) is 3.28. The van der Waals surface area contributed by atoms with Crippen LogP contribution in [0, 0.1) is 0 Å². The smallest absolute Gasteiger partial charge is 0.00340 e. The highest BCUT2D eigenvalue weighted by atomic mass is 32.1. The van der Waals surface area contributed by atoms with Gasteiger partial charge in [-0.05, 0) is 19.9 Å². The molecule has 0 unspecified atom stereocenters. The van der Waals surface area contributed by atoms with Crippen LogP contribution in [0.25, 0.3) is 0 Å². The molecule has 9 heavy (non-hydrogen) atoms. The van der Waals surface area contributed by atoms with Crippen LogP contribution < -0.4 is 0 Å². The van der Waals surface area contributed by atoms with E-state index >= 15 is 0 Å². The maximum atomic E-state index is 4.10. The molecule has 0 nitrogen and oxygen atoms in total. The molecule has 0 rings (SSSR count). The first kappa shape index (κ1) is 8.57. The van der Waals surface area contributed by atoms with Crippen LogP contribution in [0.15, 0.2) is 35.3 Å². The summed E-state index contributed by atoms with van der Waals surface area (Å²) in [6, 6.07) is 0. The minimum Gasteiger partial charge on any atom is -0.143 e. The first-order chi connectivity index (χ1) is 4.16. The van der Waals surface area contributed by atoms with E-state index in [1.54, 1.807) is 6.08 Å². The van der Waals surface area contributed by atoms with Gasteiger partial charge in [0, 0.05) is 4.91 Å². The van der Waals surface area contributed by atoms with Crippen molar-refractivity contribution in [2.24, 2.45) is 0 Å². The van der Waals surface area contributed by atoms with Gasteiger partial charge in [-0.3, -0.25) is 0 Å². The van der Waals surface area contributed by atoms with Gasteiger partial charge in [-0.15, -0.1) is 12.6 Å². The highest BCUT2D eigenvalue weighted by molar-refractivity contribution is 7.84. The molecule has 0 bridgehead atoms. The normalized spacial score (nSPS) is 10.8. The molecule has 0 saturated carbocycles. The maximum Gasteiger partial charge on any atom is 0.00340 e. The second kappa shape index (κ2) is 4.45. The van der Waals surface area contributed by atoms with Gasteiger partial charge in [-0.25, -0.2) is 0 Å². The molecule has 0 aliphatic rings. The quantitative estimate of drug-likeness (QED) is 0.442. The molecule has 0 aromatic heterocycles. The summed E-state index contributed by atoms with van der Waals surface area (Å²) in [5.41, 5.74) is 1.27. The third-order valence-corrected chi connectivity index (χ3v) is 1.13. The Bertz CT molecular complexity index is 148. The summed E-state index contributed by atoms with van der Waals surface area (Å²) in [5.74, 6) is 0. The van der Waals surface area contributed by atoms with E-state index in [2.05, 4.69) is 19.2 Å². The van der Waals surface area contributed by atoms with Gasteiger partial charge < -0.3 is 0 Å². The molecule has 0 spiro atoms. The van der Waals surface area contributed by atoms with Crippen molar-refractivity contribution in [2.45, 2.75) is 13.8 Å². The molecule has 0 aromatic carbocycles. The van der Waals surface area contributed by atoms with E-state index in [1.165, 1.54) is 5.57 Å². The lowest BCUT2D eigenvalue weighted by molar-refractivity contribution is 1.39. The molecule has 1 heteroatoms. The largest absolute Gasteiger partial charge is 0.143 e. The van der Waals surface area contributed by atoms with Gasteiger partial charge >= 0.3 is 0 Å². The predicted octanol–water partition coefficient (Wildman–Crippen LogP) is 2.95. The van der Waals surface area contributed by atoms with Crippen LogP contribution in [-0.2, 0) is 0 Å². The minimum atomic E-state index is 0.899. The van der Waals surface area contributed by atoms with Crippen molar-refractivity contribution in [3.8, 4) is 0 Å².